The quantitative estimate of drug-likeness (QED) is 0.601. The van der Waals surface area contributed by atoms with Crippen molar-refractivity contribution in [3.8, 4) is 11.5 Å². The largest absolute Gasteiger partial charge is 0.490 e. The summed E-state index contributed by atoms with van der Waals surface area (Å²) < 4.78 is 11.3. The average molecular weight is 425 g/mol. The van der Waals surface area contributed by atoms with E-state index in [1.807, 2.05) is 51.1 Å². The predicted octanol–water partition coefficient (Wildman–Crippen LogP) is 5.21. The Morgan fingerprint density at radius 1 is 1.10 bits per heavy atom. The zero-order chi connectivity index (χ0) is 22.2. The minimum Gasteiger partial charge on any atom is -0.490 e. The molecule has 5 heteroatoms. The van der Waals surface area contributed by atoms with Gasteiger partial charge >= 0.3 is 0 Å². The van der Waals surface area contributed by atoms with Crippen molar-refractivity contribution < 1.29 is 14.3 Å². The van der Waals surface area contributed by atoms with Crippen molar-refractivity contribution in [1.29, 1.82) is 0 Å². The van der Waals surface area contributed by atoms with Crippen LogP contribution in [0.15, 0.2) is 42.5 Å². The van der Waals surface area contributed by atoms with E-state index in [0.29, 0.717) is 24.5 Å². The normalized spacial score (nSPS) is 17.7. The lowest BCUT2D eigenvalue weighted by Gasteiger charge is -2.30. The molecule has 0 bridgehead atoms. The van der Waals surface area contributed by atoms with Gasteiger partial charge in [-0.15, -0.1) is 0 Å². The number of carbonyl (C=O) groups is 1. The van der Waals surface area contributed by atoms with Gasteiger partial charge in [-0.25, -0.2) is 0 Å². The number of hydrogen-bond acceptors (Lipinski definition) is 4. The molecule has 2 aromatic carbocycles. The van der Waals surface area contributed by atoms with Gasteiger partial charge in [0.05, 0.1) is 19.3 Å². The molecule has 0 aliphatic carbocycles. The highest BCUT2D eigenvalue weighted by Crippen LogP contribution is 2.31. The molecule has 168 valence electrons. The van der Waals surface area contributed by atoms with Crippen LogP contribution in [0.2, 0.25) is 0 Å². The fourth-order valence-corrected chi connectivity index (χ4v) is 4.15. The van der Waals surface area contributed by atoms with Gasteiger partial charge in [0.15, 0.2) is 11.5 Å². The van der Waals surface area contributed by atoms with Crippen LogP contribution in [0.3, 0.4) is 0 Å². The third-order valence-electron chi connectivity index (χ3n) is 5.78. The third-order valence-corrected chi connectivity index (χ3v) is 5.78. The van der Waals surface area contributed by atoms with Crippen molar-refractivity contribution in [2.75, 3.05) is 26.3 Å². The van der Waals surface area contributed by atoms with Gasteiger partial charge in [-0.05, 0) is 81.5 Å². The second kappa shape index (κ2) is 11.2. The van der Waals surface area contributed by atoms with Gasteiger partial charge in [-0.3, -0.25) is 9.69 Å². The van der Waals surface area contributed by atoms with Gasteiger partial charge in [-0.1, -0.05) is 25.1 Å². The maximum absolute atomic E-state index is 12.8. The minimum absolute atomic E-state index is 0.0718. The molecule has 2 aromatic rings. The summed E-state index contributed by atoms with van der Waals surface area (Å²) in [5.41, 5.74) is 2.92. The molecule has 1 heterocycles. The molecular formula is C26H36N2O3. The molecule has 0 aromatic heterocycles. The number of nitrogens with zero attached hydrogens (tertiary/aromatic N) is 1. The average Bonchev–Trinajstić information content (AvgIpc) is 2.75. The Morgan fingerprint density at radius 3 is 2.48 bits per heavy atom. The van der Waals surface area contributed by atoms with E-state index in [0.717, 1.165) is 36.9 Å². The molecule has 1 fully saturated rings. The Kier molecular flexibility index (Phi) is 8.35. The number of nitrogens with one attached hydrogen (secondary N) is 1. The maximum atomic E-state index is 12.8. The lowest BCUT2D eigenvalue weighted by atomic mass is 9.99. The molecule has 0 unspecified atom stereocenters. The summed E-state index contributed by atoms with van der Waals surface area (Å²) in [4.78, 5) is 15.3. The molecule has 1 aliphatic heterocycles. The third kappa shape index (κ3) is 6.47. The van der Waals surface area contributed by atoms with E-state index in [4.69, 9.17) is 9.47 Å². The summed E-state index contributed by atoms with van der Waals surface area (Å²) in [5, 5.41) is 3.09. The first kappa shape index (κ1) is 23.1. The Labute approximate surface area is 186 Å². The lowest BCUT2D eigenvalue weighted by molar-refractivity contribution is 0.0939. The molecule has 1 N–H and O–H groups in total. The van der Waals surface area contributed by atoms with Crippen LogP contribution >= 0.6 is 0 Å². The number of benzene rings is 2. The van der Waals surface area contributed by atoms with Crippen molar-refractivity contribution in [3.63, 3.8) is 0 Å². The van der Waals surface area contributed by atoms with E-state index < -0.39 is 0 Å². The Morgan fingerprint density at radius 2 is 1.81 bits per heavy atom. The number of ether oxygens (including phenoxy) is 2. The van der Waals surface area contributed by atoms with Crippen LogP contribution in [0.5, 0.6) is 11.5 Å². The summed E-state index contributed by atoms with van der Waals surface area (Å²) in [6.45, 7) is 12.6. The molecule has 3 rings (SSSR count). The monoisotopic (exact) mass is 424 g/mol. The summed E-state index contributed by atoms with van der Waals surface area (Å²) in [5.74, 6) is 2.13. The van der Waals surface area contributed by atoms with Gasteiger partial charge in [0.25, 0.3) is 5.91 Å². The SMILES string of the molecule is CCOc1ccc([C@H](C)NC(=O)c2ccc(CN3CCC[C@H](C)C3)cc2)cc1OCC. The summed E-state index contributed by atoms with van der Waals surface area (Å²) in [7, 11) is 0. The molecule has 0 radical (unpaired) electrons. The lowest BCUT2D eigenvalue weighted by Crippen LogP contribution is -2.33. The summed E-state index contributed by atoms with van der Waals surface area (Å²) in [6, 6.07) is 13.7. The van der Waals surface area contributed by atoms with Crippen LogP contribution in [0.4, 0.5) is 0 Å². The first-order chi connectivity index (χ1) is 15.0. The van der Waals surface area contributed by atoms with Crippen LogP contribution < -0.4 is 14.8 Å². The Bertz CT molecular complexity index is 850. The van der Waals surface area contributed by atoms with Crippen LogP contribution in [0, 0.1) is 5.92 Å². The first-order valence-electron chi connectivity index (χ1n) is 11.5. The Hall–Kier alpha value is -2.53. The van der Waals surface area contributed by atoms with Crippen molar-refractivity contribution in [3.05, 3.63) is 59.2 Å². The van der Waals surface area contributed by atoms with Crippen molar-refractivity contribution >= 4 is 5.91 Å². The number of carbonyl (C=O) groups excluding carboxylic acids is 1. The van der Waals surface area contributed by atoms with Crippen molar-refractivity contribution in [1.82, 2.24) is 10.2 Å². The molecule has 2 atom stereocenters. The van der Waals surface area contributed by atoms with Crippen molar-refractivity contribution in [2.24, 2.45) is 5.92 Å². The van der Waals surface area contributed by atoms with Crippen molar-refractivity contribution in [2.45, 2.75) is 53.1 Å². The number of likely N-dealkylation sites (tertiary alicyclic amines) is 1. The second-order valence-electron chi connectivity index (χ2n) is 8.45. The fraction of sp³-hybridized carbons (Fsp3) is 0.500. The van der Waals surface area contributed by atoms with Gasteiger partial charge in [0.1, 0.15) is 0 Å². The van der Waals surface area contributed by atoms with E-state index in [-0.39, 0.29) is 11.9 Å². The second-order valence-corrected chi connectivity index (χ2v) is 8.45. The highest BCUT2D eigenvalue weighted by molar-refractivity contribution is 5.94. The van der Waals surface area contributed by atoms with E-state index in [9.17, 15) is 4.79 Å². The highest BCUT2D eigenvalue weighted by Gasteiger charge is 2.17. The van der Waals surface area contributed by atoms with Gasteiger partial charge in [0, 0.05) is 18.7 Å². The van der Waals surface area contributed by atoms with E-state index >= 15 is 0 Å². The van der Waals surface area contributed by atoms with E-state index in [2.05, 4.69) is 29.3 Å². The molecular weight excluding hydrogens is 388 g/mol. The molecule has 31 heavy (non-hydrogen) atoms. The zero-order valence-corrected chi connectivity index (χ0v) is 19.3. The van der Waals surface area contributed by atoms with Gasteiger partial charge in [-0.2, -0.15) is 0 Å². The fourth-order valence-electron chi connectivity index (χ4n) is 4.15. The predicted molar refractivity (Wildman–Crippen MR) is 125 cm³/mol. The molecule has 1 amide bonds. The minimum atomic E-state index is -0.142. The molecule has 1 aliphatic rings. The van der Waals surface area contributed by atoms with Crippen LogP contribution in [0.25, 0.3) is 0 Å². The molecule has 1 saturated heterocycles. The van der Waals surface area contributed by atoms with Crippen LogP contribution in [-0.4, -0.2) is 37.1 Å². The Balaban J connectivity index is 1.61. The maximum Gasteiger partial charge on any atom is 0.251 e. The van der Waals surface area contributed by atoms with Crippen LogP contribution in [-0.2, 0) is 6.54 Å². The van der Waals surface area contributed by atoms with E-state index in [1.165, 1.54) is 18.4 Å². The number of hydrogen-bond donors (Lipinski definition) is 1. The molecule has 0 saturated carbocycles. The van der Waals surface area contributed by atoms with Crippen LogP contribution in [0.1, 0.15) is 68.1 Å². The topological polar surface area (TPSA) is 50.8 Å². The summed E-state index contributed by atoms with van der Waals surface area (Å²) in [6.07, 6.45) is 2.60. The molecule has 5 nitrogen and oxygen atoms in total. The van der Waals surface area contributed by atoms with E-state index in [1.54, 1.807) is 0 Å². The highest BCUT2D eigenvalue weighted by atomic mass is 16.5. The zero-order valence-electron chi connectivity index (χ0n) is 19.3. The summed E-state index contributed by atoms with van der Waals surface area (Å²) >= 11 is 0. The van der Waals surface area contributed by atoms with Gasteiger partial charge < -0.3 is 14.8 Å². The smallest absolute Gasteiger partial charge is 0.251 e. The first-order valence-corrected chi connectivity index (χ1v) is 11.5. The number of piperidine rings is 1. The standard InChI is InChI=1S/C26H36N2O3/c1-5-30-24-14-13-23(16-25(24)31-6-2)20(4)27-26(29)22-11-9-21(10-12-22)18-28-15-7-8-19(3)17-28/h9-14,16,19-20H,5-8,15,17-18H2,1-4H3,(H,27,29)/t19-,20-/m0/s1. The number of amides is 1. The number of rotatable bonds is 9. The molecule has 0 spiro atoms. The van der Waals surface area contributed by atoms with Gasteiger partial charge in [0.2, 0.25) is 0 Å².